The highest BCUT2D eigenvalue weighted by molar-refractivity contribution is 9.10. The maximum Gasteiger partial charge on any atom is 0.338 e. The van der Waals surface area contributed by atoms with E-state index < -0.39 is 12.0 Å². The number of carbonyl (C=O) groups excluding carboxylic acids is 1. The number of thiazole rings is 1. The van der Waals surface area contributed by atoms with E-state index >= 15 is 0 Å². The van der Waals surface area contributed by atoms with E-state index in [0.717, 1.165) is 20.8 Å². The van der Waals surface area contributed by atoms with Crippen molar-refractivity contribution in [2.45, 2.75) is 13.0 Å². The van der Waals surface area contributed by atoms with Gasteiger partial charge in [0.1, 0.15) is 11.8 Å². The average molecular weight is 686 g/mol. The lowest BCUT2D eigenvalue weighted by Crippen LogP contribution is -2.40. The lowest BCUT2D eigenvalue weighted by Gasteiger charge is -2.28. The quantitative estimate of drug-likeness (QED) is 0.190. The van der Waals surface area contributed by atoms with Crippen molar-refractivity contribution < 1.29 is 23.7 Å². The van der Waals surface area contributed by atoms with Crippen LogP contribution in [-0.2, 0) is 9.53 Å². The van der Waals surface area contributed by atoms with Gasteiger partial charge in [-0.2, -0.15) is 0 Å². The summed E-state index contributed by atoms with van der Waals surface area (Å²) in [7, 11) is 4.70. The predicted octanol–water partition coefficient (Wildman–Crippen LogP) is 5.88. The molecule has 0 unspecified atom stereocenters. The standard InChI is InChI=1S/C35H29BrN2O6S/c1-5-44-34(40)30-31(21-12-7-6-8-13-21)37-35-38(32(30)29-23-14-10-9-11-20(23)15-16-25(29)41-2)33(39)28(45-35)18-22-17-26(42-3)27(43-4)19-24(22)36/h6-19,32H,5H2,1-4H3/b28-18-/t32-/m1/s1. The van der Waals surface area contributed by atoms with Crippen LogP contribution in [0.15, 0.2) is 98.7 Å². The second kappa shape index (κ2) is 12.7. The van der Waals surface area contributed by atoms with Gasteiger partial charge in [0.25, 0.3) is 5.56 Å². The molecule has 2 heterocycles. The van der Waals surface area contributed by atoms with Gasteiger partial charge in [-0.3, -0.25) is 9.36 Å². The van der Waals surface area contributed by atoms with Crippen LogP contribution in [-0.4, -0.2) is 38.5 Å². The average Bonchev–Trinajstić information content (AvgIpc) is 3.38. The molecule has 1 aliphatic rings. The Morgan fingerprint density at radius 3 is 2.33 bits per heavy atom. The first-order valence-corrected chi connectivity index (χ1v) is 15.8. The van der Waals surface area contributed by atoms with Crippen molar-refractivity contribution in [2.24, 2.45) is 4.99 Å². The molecule has 228 valence electrons. The molecule has 0 N–H and O–H groups in total. The van der Waals surface area contributed by atoms with Gasteiger partial charge in [-0.15, -0.1) is 0 Å². The number of hydrogen-bond donors (Lipinski definition) is 0. The van der Waals surface area contributed by atoms with Gasteiger partial charge in [0.2, 0.25) is 0 Å². The van der Waals surface area contributed by atoms with Crippen LogP contribution in [0.2, 0.25) is 0 Å². The lowest BCUT2D eigenvalue weighted by molar-refractivity contribution is -0.138. The van der Waals surface area contributed by atoms with Crippen LogP contribution in [0.1, 0.15) is 29.7 Å². The largest absolute Gasteiger partial charge is 0.496 e. The Bertz CT molecular complexity index is 2150. The minimum Gasteiger partial charge on any atom is -0.496 e. The third-order valence-electron chi connectivity index (χ3n) is 7.59. The van der Waals surface area contributed by atoms with E-state index in [1.54, 1.807) is 51.0 Å². The first-order valence-electron chi connectivity index (χ1n) is 14.2. The number of methoxy groups -OCH3 is 3. The molecule has 0 bridgehead atoms. The summed E-state index contributed by atoms with van der Waals surface area (Å²) in [5.74, 6) is 1.05. The molecule has 4 aromatic carbocycles. The zero-order valence-corrected chi connectivity index (χ0v) is 27.4. The molecule has 5 aromatic rings. The van der Waals surface area contributed by atoms with Gasteiger partial charge in [-0.25, -0.2) is 9.79 Å². The minimum atomic E-state index is -0.896. The second-order valence-electron chi connectivity index (χ2n) is 10.1. The molecule has 0 spiro atoms. The summed E-state index contributed by atoms with van der Waals surface area (Å²) < 4.78 is 25.2. The number of fused-ring (bicyclic) bond motifs is 2. The van der Waals surface area contributed by atoms with Gasteiger partial charge in [0.05, 0.1) is 43.7 Å². The van der Waals surface area contributed by atoms with Gasteiger partial charge in [-0.1, -0.05) is 87.9 Å². The van der Waals surface area contributed by atoms with E-state index in [1.165, 1.54) is 11.3 Å². The molecular formula is C35H29BrN2O6S. The maximum atomic E-state index is 14.5. The number of benzene rings is 4. The van der Waals surface area contributed by atoms with Crippen LogP contribution in [0.3, 0.4) is 0 Å². The molecule has 8 nitrogen and oxygen atoms in total. The van der Waals surface area contributed by atoms with Crippen molar-refractivity contribution in [3.05, 3.63) is 125 Å². The van der Waals surface area contributed by atoms with Crippen molar-refractivity contribution in [1.29, 1.82) is 0 Å². The smallest absolute Gasteiger partial charge is 0.338 e. The molecule has 6 rings (SSSR count). The van der Waals surface area contributed by atoms with Crippen molar-refractivity contribution in [3.8, 4) is 17.2 Å². The first kappa shape index (κ1) is 30.4. The summed E-state index contributed by atoms with van der Waals surface area (Å²) in [6, 6.07) is 23.8. The maximum absolute atomic E-state index is 14.5. The van der Waals surface area contributed by atoms with Gasteiger partial charge in [0, 0.05) is 15.6 Å². The summed E-state index contributed by atoms with van der Waals surface area (Å²) in [6.45, 7) is 1.91. The Morgan fingerprint density at radius 2 is 1.62 bits per heavy atom. The molecule has 0 aliphatic carbocycles. The Labute approximate surface area is 271 Å². The van der Waals surface area contributed by atoms with Gasteiger partial charge in [0.15, 0.2) is 16.3 Å². The number of carbonyl (C=O) groups is 1. The highest BCUT2D eigenvalue weighted by atomic mass is 79.9. The molecule has 0 saturated heterocycles. The zero-order chi connectivity index (χ0) is 31.7. The number of rotatable bonds is 8. The van der Waals surface area contributed by atoms with Crippen LogP contribution in [0.4, 0.5) is 0 Å². The van der Waals surface area contributed by atoms with Crippen molar-refractivity contribution in [2.75, 3.05) is 27.9 Å². The van der Waals surface area contributed by atoms with Crippen molar-refractivity contribution in [1.82, 2.24) is 4.57 Å². The van der Waals surface area contributed by atoms with E-state index in [4.69, 9.17) is 23.9 Å². The van der Waals surface area contributed by atoms with Gasteiger partial charge >= 0.3 is 5.97 Å². The Kier molecular flexibility index (Phi) is 8.60. The van der Waals surface area contributed by atoms with Crippen LogP contribution in [0, 0.1) is 0 Å². The fraction of sp³-hybridized carbons (Fsp3) is 0.171. The molecule has 0 amide bonds. The number of aromatic nitrogens is 1. The van der Waals surface area contributed by atoms with Crippen LogP contribution in [0.25, 0.3) is 22.5 Å². The molecule has 0 radical (unpaired) electrons. The van der Waals surface area contributed by atoms with E-state index in [1.807, 2.05) is 66.7 Å². The van der Waals surface area contributed by atoms with E-state index in [9.17, 15) is 9.59 Å². The summed E-state index contributed by atoms with van der Waals surface area (Å²) in [4.78, 5) is 33.9. The van der Waals surface area contributed by atoms with Crippen molar-refractivity contribution >= 4 is 55.8 Å². The molecule has 0 saturated carbocycles. The number of halogens is 1. The highest BCUT2D eigenvalue weighted by Crippen LogP contribution is 2.42. The van der Waals surface area contributed by atoms with Gasteiger partial charge in [-0.05, 0) is 47.5 Å². The van der Waals surface area contributed by atoms with Gasteiger partial charge < -0.3 is 18.9 Å². The molecule has 1 aromatic heterocycles. The Morgan fingerprint density at radius 1 is 0.933 bits per heavy atom. The Balaban J connectivity index is 1.73. The van der Waals surface area contributed by atoms with Crippen LogP contribution >= 0.6 is 27.3 Å². The minimum absolute atomic E-state index is 0.154. The molecule has 1 aliphatic heterocycles. The number of nitrogens with zero attached hydrogens (tertiary/aromatic N) is 2. The van der Waals surface area contributed by atoms with Crippen LogP contribution in [0.5, 0.6) is 17.2 Å². The summed E-state index contributed by atoms with van der Waals surface area (Å²) >= 11 is 4.85. The molecule has 10 heteroatoms. The first-order chi connectivity index (χ1) is 21.9. The fourth-order valence-electron chi connectivity index (χ4n) is 5.57. The normalized spacial score (nSPS) is 14.6. The molecule has 1 atom stereocenters. The van der Waals surface area contributed by atoms with Crippen molar-refractivity contribution in [3.63, 3.8) is 0 Å². The Hall–Kier alpha value is -4.67. The summed E-state index contributed by atoms with van der Waals surface area (Å²) in [6.07, 6.45) is 1.78. The molecular weight excluding hydrogens is 656 g/mol. The third-order valence-corrected chi connectivity index (χ3v) is 9.26. The van der Waals surface area contributed by atoms with E-state index in [2.05, 4.69) is 15.9 Å². The fourth-order valence-corrected chi connectivity index (χ4v) is 7.00. The van der Waals surface area contributed by atoms with E-state index in [0.29, 0.717) is 43.4 Å². The van der Waals surface area contributed by atoms with E-state index in [-0.39, 0.29) is 17.7 Å². The zero-order valence-electron chi connectivity index (χ0n) is 25.0. The SMILES string of the molecule is CCOC(=O)C1=C(c2ccccc2)N=c2s/c(=C\c3cc(OC)c(OC)cc3Br)c(=O)n2[C@@H]1c1c(OC)ccc2ccccc12. The summed E-state index contributed by atoms with van der Waals surface area (Å²) in [5, 5.41) is 1.78. The third kappa shape index (κ3) is 5.44. The number of esters is 1. The second-order valence-corrected chi connectivity index (χ2v) is 11.9. The van der Waals surface area contributed by atoms with Crippen LogP contribution < -0.4 is 29.1 Å². The predicted molar refractivity (Wildman–Crippen MR) is 179 cm³/mol. The lowest BCUT2D eigenvalue weighted by atomic mass is 9.89. The number of hydrogen-bond acceptors (Lipinski definition) is 8. The molecule has 45 heavy (non-hydrogen) atoms. The summed E-state index contributed by atoms with van der Waals surface area (Å²) in [5.41, 5.74) is 2.49. The highest BCUT2D eigenvalue weighted by Gasteiger charge is 2.37. The monoisotopic (exact) mass is 684 g/mol. The topological polar surface area (TPSA) is 88.4 Å². The number of ether oxygens (including phenoxy) is 4. The molecule has 0 fully saturated rings.